The zero-order valence-electron chi connectivity index (χ0n) is 19.1. The van der Waals surface area contributed by atoms with Gasteiger partial charge in [-0.2, -0.15) is 0 Å². The lowest BCUT2D eigenvalue weighted by Gasteiger charge is -2.32. The standard InChI is InChI=1S/C22H33BN2O5/c1-20(2,3)28-19(27)25-14-10-13-17(25)18(26)24-16-12-9-8-11-15(16)23-29-21(4,5)22(6,7)30-23/h8-9,11-12,17H,10,13-14H2,1-7H3,(H,24,26)/t17-/m0/s1. The topological polar surface area (TPSA) is 77.1 Å². The summed E-state index contributed by atoms with van der Waals surface area (Å²) in [5.41, 5.74) is -0.186. The van der Waals surface area contributed by atoms with Crippen molar-refractivity contribution in [2.45, 2.75) is 84.2 Å². The normalized spacial score (nSPS) is 22.8. The molecule has 0 bridgehead atoms. The minimum Gasteiger partial charge on any atom is -0.444 e. The van der Waals surface area contributed by atoms with Crippen molar-refractivity contribution in [2.24, 2.45) is 0 Å². The number of anilines is 1. The van der Waals surface area contributed by atoms with Crippen molar-refractivity contribution in [1.82, 2.24) is 4.90 Å². The highest BCUT2D eigenvalue weighted by molar-refractivity contribution is 6.64. The number of hydrogen-bond donors (Lipinski definition) is 1. The summed E-state index contributed by atoms with van der Waals surface area (Å²) in [5, 5.41) is 2.98. The molecule has 2 aliphatic heterocycles. The molecule has 2 aliphatic rings. The summed E-state index contributed by atoms with van der Waals surface area (Å²) in [6.07, 6.45) is 0.902. The van der Waals surface area contributed by atoms with Crippen molar-refractivity contribution in [1.29, 1.82) is 0 Å². The Balaban J connectivity index is 1.76. The largest absolute Gasteiger partial charge is 0.496 e. The minimum atomic E-state index is -0.607. The van der Waals surface area contributed by atoms with Crippen LogP contribution in [0.4, 0.5) is 10.5 Å². The maximum absolute atomic E-state index is 13.1. The summed E-state index contributed by atoms with van der Waals surface area (Å²) in [6.45, 7) is 13.9. The van der Waals surface area contributed by atoms with Gasteiger partial charge in [0.05, 0.1) is 11.2 Å². The van der Waals surface area contributed by atoms with Crippen LogP contribution in [0.25, 0.3) is 0 Å². The molecule has 2 fully saturated rings. The molecule has 7 nitrogen and oxygen atoms in total. The Bertz CT molecular complexity index is 802. The number of benzene rings is 1. The number of likely N-dealkylation sites (tertiary alicyclic amines) is 1. The number of nitrogens with one attached hydrogen (secondary N) is 1. The second-order valence-electron chi connectivity index (χ2n) is 10.00. The van der Waals surface area contributed by atoms with Crippen LogP contribution in [0.5, 0.6) is 0 Å². The van der Waals surface area contributed by atoms with E-state index in [2.05, 4.69) is 5.32 Å². The predicted molar refractivity (Wildman–Crippen MR) is 117 cm³/mol. The fourth-order valence-electron chi connectivity index (χ4n) is 3.58. The van der Waals surface area contributed by atoms with Crippen LogP contribution in [0.2, 0.25) is 0 Å². The predicted octanol–water partition coefficient (Wildman–Crippen LogP) is 3.32. The molecule has 0 unspecified atom stereocenters. The fourth-order valence-corrected chi connectivity index (χ4v) is 3.58. The monoisotopic (exact) mass is 416 g/mol. The van der Waals surface area contributed by atoms with E-state index in [0.717, 1.165) is 11.9 Å². The molecular weight excluding hydrogens is 383 g/mol. The first-order chi connectivity index (χ1) is 13.8. The number of amides is 2. The van der Waals surface area contributed by atoms with E-state index in [1.807, 2.05) is 72.7 Å². The minimum absolute atomic E-state index is 0.234. The number of rotatable bonds is 3. The average Bonchev–Trinajstić information content (AvgIpc) is 3.17. The summed E-state index contributed by atoms with van der Waals surface area (Å²) in [6, 6.07) is 6.89. The van der Waals surface area contributed by atoms with E-state index < -0.39 is 36.1 Å². The molecule has 164 valence electrons. The summed E-state index contributed by atoms with van der Waals surface area (Å²) < 4.78 is 17.8. The number of hydrogen-bond acceptors (Lipinski definition) is 5. The van der Waals surface area contributed by atoms with Crippen molar-refractivity contribution in [2.75, 3.05) is 11.9 Å². The van der Waals surface area contributed by atoms with Gasteiger partial charge in [0.2, 0.25) is 5.91 Å². The fraction of sp³-hybridized carbons (Fsp3) is 0.636. The van der Waals surface area contributed by atoms with Crippen molar-refractivity contribution in [3.05, 3.63) is 24.3 Å². The molecule has 0 saturated carbocycles. The molecule has 2 saturated heterocycles. The quantitative estimate of drug-likeness (QED) is 0.765. The second kappa shape index (κ2) is 7.89. The molecule has 2 amide bonds. The van der Waals surface area contributed by atoms with Gasteiger partial charge in [-0.25, -0.2) is 4.79 Å². The molecule has 1 atom stereocenters. The van der Waals surface area contributed by atoms with Crippen LogP contribution in [0.3, 0.4) is 0 Å². The molecule has 1 aromatic rings. The van der Waals surface area contributed by atoms with Gasteiger partial charge in [-0.15, -0.1) is 0 Å². The molecule has 0 aromatic heterocycles. The van der Waals surface area contributed by atoms with Crippen LogP contribution in [0, 0.1) is 0 Å². The molecular formula is C22H33BN2O5. The number of para-hydroxylation sites is 1. The van der Waals surface area contributed by atoms with E-state index in [-0.39, 0.29) is 5.91 Å². The highest BCUT2D eigenvalue weighted by Gasteiger charge is 2.52. The Morgan fingerprint density at radius 2 is 1.73 bits per heavy atom. The lowest BCUT2D eigenvalue weighted by molar-refractivity contribution is -0.120. The van der Waals surface area contributed by atoms with Gasteiger partial charge in [0.1, 0.15) is 11.6 Å². The first-order valence-electron chi connectivity index (χ1n) is 10.6. The summed E-state index contributed by atoms with van der Waals surface area (Å²) in [5.74, 6) is -0.234. The Morgan fingerprint density at radius 1 is 1.13 bits per heavy atom. The average molecular weight is 416 g/mol. The highest BCUT2D eigenvalue weighted by Crippen LogP contribution is 2.37. The van der Waals surface area contributed by atoms with Crippen LogP contribution >= 0.6 is 0 Å². The number of nitrogens with zero attached hydrogens (tertiary/aromatic N) is 1. The molecule has 0 spiro atoms. The van der Waals surface area contributed by atoms with Crippen LogP contribution in [0.1, 0.15) is 61.3 Å². The number of carbonyl (C=O) groups excluding carboxylic acids is 2. The second-order valence-corrected chi connectivity index (χ2v) is 10.00. The van der Waals surface area contributed by atoms with Crippen LogP contribution < -0.4 is 10.8 Å². The molecule has 8 heteroatoms. The van der Waals surface area contributed by atoms with E-state index in [4.69, 9.17) is 14.0 Å². The Kier molecular flexibility index (Phi) is 5.95. The van der Waals surface area contributed by atoms with Gasteiger partial charge in [0, 0.05) is 17.7 Å². The van der Waals surface area contributed by atoms with Crippen molar-refractivity contribution < 1.29 is 23.6 Å². The zero-order valence-corrected chi connectivity index (χ0v) is 19.1. The molecule has 30 heavy (non-hydrogen) atoms. The third kappa shape index (κ3) is 4.65. The van der Waals surface area contributed by atoms with Gasteiger partial charge in [0.15, 0.2) is 0 Å². The first kappa shape index (κ1) is 22.6. The lowest BCUT2D eigenvalue weighted by atomic mass is 9.77. The molecule has 1 N–H and O–H groups in total. The zero-order chi connectivity index (χ0) is 22.3. The molecule has 3 rings (SSSR count). The Labute approximate surface area is 179 Å². The molecule has 1 aromatic carbocycles. The van der Waals surface area contributed by atoms with Crippen LogP contribution in [0.15, 0.2) is 24.3 Å². The van der Waals surface area contributed by atoms with Crippen LogP contribution in [-0.4, -0.2) is 53.4 Å². The smallest absolute Gasteiger partial charge is 0.444 e. The van der Waals surface area contributed by atoms with E-state index in [1.165, 1.54) is 4.90 Å². The van der Waals surface area contributed by atoms with E-state index >= 15 is 0 Å². The van der Waals surface area contributed by atoms with Gasteiger partial charge < -0.3 is 19.4 Å². The highest BCUT2D eigenvalue weighted by atomic mass is 16.7. The third-order valence-corrected chi connectivity index (χ3v) is 5.91. The van der Waals surface area contributed by atoms with Gasteiger partial charge in [-0.3, -0.25) is 9.69 Å². The molecule has 0 aliphatic carbocycles. The van der Waals surface area contributed by atoms with Crippen LogP contribution in [-0.2, 0) is 18.8 Å². The summed E-state index contributed by atoms with van der Waals surface area (Å²) in [7, 11) is -0.586. The Hall–Kier alpha value is -2.06. The SMILES string of the molecule is CC(C)(C)OC(=O)N1CCC[C@H]1C(=O)Nc1ccccc1B1OC(C)(C)C(C)(C)O1. The van der Waals surface area contributed by atoms with Gasteiger partial charge in [-0.05, 0) is 67.4 Å². The number of carbonyl (C=O) groups is 2. The van der Waals surface area contributed by atoms with Crippen molar-refractivity contribution in [3.8, 4) is 0 Å². The van der Waals surface area contributed by atoms with Gasteiger partial charge in [-0.1, -0.05) is 18.2 Å². The molecule has 0 radical (unpaired) electrons. The first-order valence-corrected chi connectivity index (χ1v) is 10.6. The van der Waals surface area contributed by atoms with E-state index in [9.17, 15) is 9.59 Å². The van der Waals surface area contributed by atoms with Crippen molar-refractivity contribution >= 4 is 30.3 Å². The van der Waals surface area contributed by atoms with E-state index in [0.29, 0.717) is 18.7 Å². The third-order valence-electron chi connectivity index (χ3n) is 5.91. The maximum Gasteiger partial charge on any atom is 0.496 e. The molecule has 2 heterocycles. The van der Waals surface area contributed by atoms with Gasteiger partial charge >= 0.3 is 13.2 Å². The summed E-state index contributed by atoms with van der Waals surface area (Å²) >= 11 is 0. The number of ether oxygens (including phenoxy) is 1. The Morgan fingerprint density at radius 3 is 2.33 bits per heavy atom. The summed E-state index contributed by atoms with van der Waals surface area (Å²) in [4.78, 5) is 27.1. The van der Waals surface area contributed by atoms with Gasteiger partial charge in [0.25, 0.3) is 0 Å². The van der Waals surface area contributed by atoms with E-state index in [1.54, 1.807) is 0 Å². The maximum atomic E-state index is 13.1. The van der Waals surface area contributed by atoms with Crippen molar-refractivity contribution in [3.63, 3.8) is 0 Å². The lowest BCUT2D eigenvalue weighted by Crippen LogP contribution is -2.46.